The third kappa shape index (κ3) is 3.57. The number of benzene rings is 2. The topological polar surface area (TPSA) is 26.0 Å². The Morgan fingerprint density at radius 2 is 1.50 bits per heavy atom. The van der Waals surface area contributed by atoms with Crippen LogP contribution in [0.15, 0.2) is 72.8 Å². The van der Waals surface area contributed by atoms with E-state index in [0.717, 1.165) is 12.8 Å². The lowest BCUT2D eigenvalue weighted by atomic mass is 9.96. The minimum Gasteiger partial charge on any atom is -0.324 e. The van der Waals surface area contributed by atoms with Crippen LogP contribution in [0.2, 0.25) is 0 Å². The highest BCUT2D eigenvalue weighted by molar-refractivity contribution is 5.24. The minimum absolute atomic E-state index is 0.0439. The third-order valence-electron chi connectivity index (χ3n) is 3.03. The Bertz CT molecular complexity index is 488. The van der Waals surface area contributed by atoms with E-state index in [1.165, 1.54) is 16.7 Å². The second kappa shape index (κ2) is 6.18. The van der Waals surface area contributed by atoms with E-state index in [2.05, 4.69) is 43.0 Å². The van der Waals surface area contributed by atoms with Gasteiger partial charge in [-0.1, -0.05) is 72.8 Å². The van der Waals surface area contributed by atoms with Crippen LogP contribution in [0.3, 0.4) is 0 Å². The smallest absolute Gasteiger partial charge is 0.0332 e. The molecule has 0 saturated heterocycles. The molecule has 0 fully saturated rings. The van der Waals surface area contributed by atoms with Gasteiger partial charge in [-0.15, -0.1) is 0 Å². The summed E-state index contributed by atoms with van der Waals surface area (Å²) >= 11 is 0. The van der Waals surface area contributed by atoms with Gasteiger partial charge in [-0.2, -0.15) is 0 Å². The van der Waals surface area contributed by atoms with E-state index in [9.17, 15) is 0 Å². The summed E-state index contributed by atoms with van der Waals surface area (Å²) in [5.74, 6) is 0. The molecule has 0 bridgehead atoms. The number of nitrogens with two attached hydrogens (primary N) is 1. The molecule has 2 aromatic rings. The Labute approximate surface area is 109 Å². The fraction of sp³-hybridized carbons (Fsp3) is 0.176. The first-order valence-electron chi connectivity index (χ1n) is 6.27. The Kier molecular flexibility index (Phi) is 4.32. The lowest BCUT2D eigenvalue weighted by molar-refractivity contribution is 0.705. The molecule has 2 rings (SSSR count). The first-order valence-corrected chi connectivity index (χ1v) is 6.27. The molecule has 0 heterocycles. The van der Waals surface area contributed by atoms with Crippen molar-refractivity contribution in [1.29, 1.82) is 0 Å². The molecule has 0 spiro atoms. The summed E-state index contributed by atoms with van der Waals surface area (Å²) in [6.45, 7) is 4.14. The van der Waals surface area contributed by atoms with Gasteiger partial charge in [0.2, 0.25) is 0 Å². The van der Waals surface area contributed by atoms with Gasteiger partial charge >= 0.3 is 0 Å². The molecular formula is C17H19N. The van der Waals surface area contributed by atoms with Crippen LogP contribution in [0.5, 0.6) is 0 Å². The zero-order chi connectivity index (χ0) is 12.8. The van der Waals surface area contributed by atoms with Crippen molar-refractivity contribution < 1.29 is 0 Å². The predicted octanol–water partition coefficient (Wildman–Crippen LogP) is 3.88. The zero-order valence-corrected chi connectivity index (χ0v) is 10.5. The van der Waals surface area contributed by atoms with Crippen molar-refractivity contribution >= 4 is 0 Å². The highest BCUT2D eigenvalue weighted by atomic mass is 14.6. The summed E-state index contributed by atoms with van der Waals surface area (Å²) in [6, 6.07) is 20.6. The molecular weight excluding hydrogens is 218 g/mol. The van der Waals surface area contributed by atoms with E-state index in [-0.39, 0.29) is 6.04 Å². The largest absolute Gasteiger partial charge is 0.324 e. The van der Waals surface area contributed by atoms with Crippen LogP contribution in [-0.4, -0.2) is 0 Å². The van der Waals surface area contributed by atoms with Gasteiger partial charge in [0.15, 0.2) is 0 Å². The second-order valence-electron chi connectivity index (χ2n) is 4.63. The molecule has 0 saturated carbocycles. The molecule has 92 valence electrons. The van der Waals surface area contributed by atoms with Crippen molar-refractivity contribution in [3.8, 4) is 0 Å². The van der Waals surface area contributed by atoms with Crippen molar-refractivity contribution in [1.82, 2.24) is 0 Å². The lowest BCUT2D eigenvalue weighted by Gasteiger charge is -2.14. The monoisotopic (exact) mass is 237 g/mol. The fourth-order valence-electron chi connectivity index (χ4n) is 2.09. The first-order chi connectivity index (χ1) is 8.75. The van der Waals surface area contributed by atoms with Gasteiger partial charge in [-0.05, 0) is 24.0 Å². The van der Waals surface area contributed by atoms with Gasteiger partial charge in [0, 0.05) is 6.04 Å². The molecule has 0 radical (unpaired) electrons. The van der Waals surface area contributed by atoms with E-state index in [1.807, 2.05) is 24.3 Å². The number of rotatable bonds is 5. The van der Waals surface area contributed by atoms with Crippen LogP contribution in [0.1, 0.15) is 23.6 Å². The van der Waals surface area contributed by atoms with E-state index in [1.54, 1.807) is 0 Å². The molecule has 0 aliphatic carbocycles. The van der Waals surface area contributed by atoms with Crippen LogP contribution >= 0.6 is 0 Å². The van der Waals surface area contributed by atoms with E-state index in [0.29, 0.717) is 0 Å². The van der Waals surface area contributed by atoms with Crippen LogP contribution in [-0.2, 0) is 6.42 Å². The average Bonchev–Trinajstić information content (AvgIpc) is 2.40. The first kappa shape index (κ1) is 12.6. The minimum atomic E-state index is 0.0439. The van der Waals surface area contributed by atoms with Gasteiger partial charge in [-0.25, -0.2) is 0 Å². The molecule has 18 heavy (non-hydrogen) atoms. The average molecular weight is 237 g/mol. The van der Waals surface area contributed by atoms with Gasteiger partial charge in [0.05, 0.1) is 0 Å². The summed E-state index contributed by atoms with van der Waals surface area (Å²) in [5, 5.41) is 0. The maximum atomic E-state index is 6.19. The molecule has 1 nitrogen and oxygen atoms in total. The van der Waals surface area contributed by atoms with Crippen molar-refractivity contribution in [3.63, 3.8) is 0 Å². The molecule has 0 aliphatic heterocycles. The maximum Gasteiger partial charge on any atom is 0.0332 e. The SMILES string of the molecule is C=C(Cc1ccccc1)CC(N)c1ccccc1. The van der Waals surface area contributed by atoms with E-state index >= 15 is 0 Å². The van der Waals surface area contributed by atoms with Gasteiger partial charge in [-0.3, -0.25) is 0 Å². The summed E-state index contributed by atoms with van der Waals surface area (Å²) in [6.07, 6.45) is 1.74. The second-order valence-corrected chi connectivity index (χ2v) is 4.63. The molecule has 1 heteroatoms. The normalized spacial score (nSPS) is 12.1. The highest BCUT2D eigenvalue weighted by Crippen LogP contribution is 2.19. The van der Waals surface area contributed by atoms with Crippen LogP contribution in [0, 0.1) is 0 Å². The summed E-state index contributed by atoms with van der Waals surface area (Å²) in [7, 11) is 0. The van der Waals surface area contributed by atoms with Crippen molar-refractivity contribution in [2.75, 3.05) is 0 Å². The van der Waals surface area contributed by atoms with Crippen LogP contribution in [0.25, 0.3) is 0 Å². The Morgan fingerprint density at radius 1 is 0.944 bits per heavy atom. The molecule has 0 amide bonds. The zero-order valence-electron chi connectivity index (χ0n) is 10.5. The molecule has 2 N–H and O–H groups in total. The Morgan fingerprint density at radius 3 is 2.11 bits per heavy atom. The third-order valence-corrected chi connectivity index (χ3v) is 3.03. The molecule has 1 unspecified atom stereocenters. The molecule has 0 aromatic heterocycles. The Hall–Kier alpha value is -1.86. The standard InChI is InChI=1S/C17H19N/c1-14(12-15-8-4-2-5-9-15)13-17(18)16-10-6-3-7-11-16/h2-11,17H,1,12-13,18H2. The molecule has 2 aromatic carbocycles. The van der Waals surface area contributed by atoms with Crippen molar-refractivity contribution in [3.05, 3.63) is 83.9 Å². The number of hydrogen-bond donors (Lipinski definition) is 1. The van der Waals surface area contributed by atoms with Gasteiger partial charge in [0.1, 0.15) is 0 Å². The van der Waals surface area contributed by atoms with Gasteiger partial charge < -0.3 is 5.73 Å². The lowest BCUT2D eigenvalue weighted by Crippen LogP contribution is -2.11. The Balaban J connectivity index is 1.92. The summed E-state index contributed by atoms with van der Waals surface area (Å²) < 4.78 is 0. The summed E-state index contributed by atoms with van der Waals surface area (Å²) in [5.41, 5.74) is 9.83. The fourth-order valence-corrected chi connectivity index (χ4v) is 2.09. The van der Waals surface area contributed by atoms with Crippen LogP contribution < -0.4 is 5.73 Å². The quantitative estimate of drug-likeness (QED) is 0.785. The summed E-state index contributed by atoms with van der Waals surface area (Å²) in [4.78, 5) is 0. The number of hydrogen-bond acceptors (Lipinski definition) is 1. The van der Waals surface area contributed by atoms with Gasteiger partial charge in [0.25, 0.3) is 0 Å². The highest BCUT2D eigenvalue weighted by Gasteiger charge is 2.07. The van der Waals surface area contributed by atoms with Crippen molar-refractivity contribution in [2.45, 2.75) is 18.9 Å². The maximum absolute atomic E-state index is 6.19. The molecule has 0 aliphatic rings. The molecule has 1 atom stereocenters. The van der Waals surface area contributed by atoms with Crippen molar-refractivity contribution in [2.24, 2.45) is 5.73 Å². The van der Waals surface area contributed by atoms with Crippen LogP contribution in [0.4, 0.5) is 0 Å². The van der Waals surface area contributed by atoms with E-state index in [4.69, 9.17) is 5.73 Å². The van der Waals surface area contributed by atoms with E-state index < -0.39 is 0 Å². The predicted molar refractivity (Wildman–Crippen MR) is 77.3 cm³/mol.